The van der Waals surface area contributed by atoms with E-state index in [0.29, 0.717) is 12.8 Å². The van der Waals surface area contributed by atoms with Crippen LogP contribution >= 0.6 is 11.8 Å². The Bertz CT molecular complexity index is 459. The van der Waals surface area contributed by atoms with Crippen LogP contribution in [0.15, 0.2) is 29.2 Å². The summed E-state index contributed by atoms with van der Waals surface area (Å²) in [5.41, 5.74) is 0.135. The van der Waals surface area contributed by atoms with E-state index in [-0.39, 0.29) is 11.0 Å². The van der Waals surface area contributed by atoms with Crippen LogP contribution < -0.4 is 0 Å². The van der Waals surface area contributed by atoms with Gasteiger partial charge >= 0.3 is 0 Å². The maximum atomic E-state index is 12.8. The van der Waals surface area contributed by atoms with Crippen molar-refractivity contribution in [3.05, 3.63) is 29.8 Å². The van der Waals surface area contributed by atoms with Crippen LogP contribution in [0.3, 0.4) is 0 Å². The molecule has 0 radical (unpaired) electrons. The molecule has 1 unspecified atom stereocenters. The molecule has 1 aromatic rings. The second-order valence-electron chi connectivity index (χ2n) is 6.14. The van der Waals surface area contributed by atoms with E-state index in [1.54, 1.807) is 11.8 Å². The first-order chi connectivity index (χ1) is 10.0. The van der Waals surface area contributed by atoms with Gasteiger partial charge in [0.2, 0.25) is 0 Å². The lowest BCUT2D eigenvalue weighted by Gasteiger charge is -2.29. The lowest BCUT2D eigenvalue weighted by molar-refractivity contribution is -0.138. The maximum absolute atomic E-state index is 12.8. The molecule has 1 aliphatic rings. The molecular weight excluding hydrogens is 280 g/mol. The normalized spacial score (nSPS) is 19.8. The Labute approximate surface area is 132 Å². The largest absolute Gasteiger partial charge is 0.382 e. The van der Waals surface area contributed by atoms with Gasteiger partial charge in [-0.3, -0.25) is 4.79 Å². The number of Topliss-reactive ketones (excluding diaryl/α,β-unsaturated/α-hetero) is 1. The van der Waals surface area contributed by atoms with Gasteiger partial charge in [-0.1, -0.05) is 50.3 Å². The summed E-state index contributed by atoms with van der Waals surface area (Å²) in [6.45, 7) is 4.09. The molecule has 1 N–H and O–H groups in total. The number of hydrogen-bond donors (Lipinski definition) is 1. The van der Waals surface area contributed by atoms with Gasteiger partial charge in [0.1, 0.15) is 5.60 Å². The SMILES string of the molecule is CCC(Sc1ccc(C)cc1)C(=O)C1(O)CCCCCC1. The third kappa shape index (κ3) is 4.33. The van der Waals surface area contributed by atoms with Crippen molar-refractivity contribution >= 4 is 17.5 Å². The summed E-state index contributed by atoms with van der Waals surface area (Å²) in [4.78, 5) is 13.9. The van der Waals surface area contributed by atoms with E-state index < -0.39 is 5.60 Å². The quantitative estimate of drug-likeness (QED) is 0.642. The highest BCUT2D eigenvalue weighted by Crippen LogP contribution is 2.34. The molecule has 0 amide bonds. The Balaban J connectivity index is 2.08. The molecule has 0 saturated heterocycles. The fourth-order valence-corrected chi connectivity index (χ4v) is 4.08. The maximum Gasteiger partial charge on any atom is 0.177 e. The molecule has 2 nitrogen and oxygen atoms in total. The minimum Gasteiger partial charge on any atom is -0.382 e. The number of carbonyl (C=O) groups excluding carboxylic acids is 1. The molecule has 0 aliphatic heterocycles. The van der Waals surface area contributed by atoms with Crippen LogP contribution in [0.2, 0.25) is 0 Å². The van der Waals surface area contributed by atoms with E-state index in [2.05, 4.69) is 31.2 Å². The van der Waals surface area contributed by atoms with Crippen molar-refractivity contribution in [2.75, 3.05) is 0 Å². The Morgan fingerprint density at radius 3 is 2.29 bits per heavy atom. The highest BCUT2D eigenvalue weighted by Gasteiger charge is 2.39. The fourth-order valence-electron chi connectivity index (χ4n) is 2.96. The fraction of sp³-hybridized carbons (Fsp3) is 0.611. The zero-order valence-corrected chi connectivity index (χ0v) is 13.9. The van der Waals surface area contributed by atoms with Crippen LogP contribution in [0.5, 0.6) is 0 Å². The lowest BCUT2D eigenvalue weighted by atomic mass is 9.87. The first-order valence-corrected chi connectivity index (χ1v) is 8.93. The molecule has 1 saturated carbocycles. The number of carbonyl (C=O) groups is 1. The van der Waals surface area contributed by atoms with E-state index in [4.69, 9.17) is 0 Å². The Morgan fingerprint density at radius 1 is 1.19 bits per heavy atom. The Hall–Kier alpha value is -0.800. The summed E-state index contributed by atoms with van der Waals surface area (Å²) < 4.78 is 0. The highest BCUT2D eigenvalue weighted by molar-refractivity contribution is 8.00. The molecule has 2 rings (SSSR count). The number of aryl methyl sites for hydroxylation is 1. The minimum absolute atomic E-state index is 0.0393. The van der Waals surface area contributed by atoms with Gasteiger partial charge in [0.05, 0.1) is 5.25 Å². The number of aliphatic hydroxyl groups is 1. The average molecular weight is 306 g/mol. The Kier molecular flexibility index (Phi) is 5.88. The minimum atomic E-state index is -1.09. The van der Waals surface area contributed by atoms with Gasteiger partial charge in [-0.25, -0.2) is 0 Å². The van der Waals surface area contributed by atoms with Gasteiger partial charge < -0.3 is 5.11 Å². The summed E-state index contributed by atoms with van der Waals surface area (Å²) in [5.74, 6) is 0.0393. The zero-order chi connectivity index (χ0) is 15.3. The molecule has 116 valence electrons. The third-order valence-corrected chi connectivity index (χ3v) is 5.73. The number of benzene rings is 1. The highest BCUT2D eigenvalue weighted by atomic mass is 32.2. The van der Waals surface area contributed by atoms with Crippen molar-refractivity contribution in [1.29, 1.82) is 0 Å². The molecular formula is C18H26O2S. The number of hydrogen-bond acceptors (Lipinski definition) is 3. The number of rotatable bonds is 5. The van der Waals surface area contributed by atoms with Gasteiger partial charge in [0, 0.05) is 4.90 Å². The molecule has 3 heteroatoms. The van der Waals surface area contributed by atoms with Crippen molar-refractivity contribution in [2.45, 2.75) is 74.5 Å². The van der Waals surface area contributed by atoms with Crippen molar-refractivity contribution in [3.8, 4) is 0 Å². The van der Waals surface area contributed by atoms with E-state index >= 15 is 0 Å². The molecule has 0 aromatic heterocycles. The van der Waals surface area contributed by atoms with Crippen LogP contribution in [0.25, 0.3) is 0 Å². The number of thioether (sulfide) groups is 1. The molecule has 21 heavy (non-hydrogen) atoms. The molecule has 1 atom stereocenters. The van der Waals surface area contributed by atoms with E-state index in [0.717, 1.165) is 37.0 Å². The molecule has 0 spiro atoms. The van der Waals surface area contributed by atoms with Crippen LogP contribution in [0, 0.1) is 6.92 Å². The first-order valence-electron chi connectivity index (χ1n) is 8.05. The zero-order valence-electron chi connectivity index (χ0n) is 13.1. The van der Waals surface area contributed by atoms with Crippen molar-refractivity contribution in [3.63, 3.8) is 0 Å². The van der Waals surface area contributed by atoms with Crippen LogP contribution in [0.1, 0.15) is 57.4 Å². The predicted molar refractivity (Wildman–Crippen MR) is 88.8 cm³/mol. The average Bonchev–Trinajstić information content (AvgIpc) is 2.72. The summed E-state index contributed by atoms with van der Waals surface area (Å²) in [6.07, 6.45) is 6.24. The summed E-state index contributed by atoms with van der Waals surface area (Å²) in [7, 11) is 0. The molecule has 0 heterocycles. The standard InChI is InChI=1S/C18H26O2S/c1-3-16(21-15-10-8-14(2)9-11-15)17(19)18(20)12-6-4-5-7-13-18/h8-11,16,20H,3-7,12-13H2,1-2H3. The smallest absolute Gasteiger partial charge is 0.177 e. The van der Waals surface area contributed by atoms with E-state index in [1.807, 2.05) is 6.92 Å². The monoisotopic (exact) mass is 306 g/mol. The topological polar surface area (TPSA) is 37.3 Å². The van der Waals surface area contributed by atoms with E-state index in [1.165, 1.54) is 5.56 Å². The predicted octanol–water partition coefficient (Wildman–Crippen LogP) is 4.52. The van der Waals surface area contributed by atoms with Gasteiger partial charge in [-0.05, 0) is 38.3 Å². The van der Waals surface area contributed by atoms with Crippen LogP contribution in [-0.4, -0.2) is 21.7 Å². The van der Waals surface area contributed by atoms with Crippen molar-refractivity contribution in [2.24, 2.45) is 0 Å². The number of ketones is 1. The molecule has 1 aromatic carbocycles. The Morgan fingerprint density at radius 2 is 1.76 bits per heavy atom. The van der Waals surface area contributed by atoms with Gasteiger partial charge in [-0.15, -0.1) is 11.8 Å². The van der Waals surface area contributed by atoms with Crippen LogP contribution in [-0.2, 0) is 4.79 Å². The van der Waals surface area contributed by atoms with Crippen LogP contribution in [0.4, 0.5) is 0 Å². The van der Waals surface area contributed by atoms with Gasteiger partial charge in [0.25, 0.3) is 0 Å². The third-order valence-electron chi connectivity index (χ3n) is 4.35. The molecule has 1 fully saturated rings. The molecule has 0 bridgehead atoms. The molecule has 1 aliphatic carbocycles. The lowest BCUT2D eigenvalue weighted by Crippen LogP contribution is -2.43. The summed E-state index contributed by atoms with van der Waals surface area (Å²) in [6, 6.07) is 8.26. The second-order valence-corrected chi connectivity index (χ2v) is 7.41. The van der Waals surface area contributed by atoms with Crippen molar-refractivity contribution in [1.82, 2.24) is 0 Å². The summed E-state index contributed by atoms with van der Waals surface area (Å²) in [5, 5.41) is 10.6. The summed E-state index contributed by atoms with van der Waals surface area (Å²) >= 11 is 1.59. The first kappa shape index (κ1) is 16.6. The van der Waals surface area contributed by atoms with E-state index in [9.17, 15) is 9.90 Å². The second kappa shape index (κ2) is 7.46. The van der Waals surface area contributed by atoms with Crippen molar-refractivity contribution < 1.29 is 9.90 Å². The van der Waals surface area contributed by atoms with Gasteiger partial charge in [0.15, 0.2) is 5.78 Å². The van der Waals surface area contributed by atoms with Gasteiger partial charge in [-0.2, -0.15) is 0 Å².